The minimum atomic E-state index is -0.918. The number of anilines is 1. The van der Waals surface area contributed by atoms with Crippen LogP contribution in [0.1, 0.15) is 18.1 Å². The van der Waals surface area contributed by atoms with Crippen LogP contribution in [0.3, 0.4) is 0 Å². The Bertz CT molecular complexity index is 482. The molecule has 0 heterocycles. The molecule has 0 aliphatic carbocycles. The van der Waals surface area contributed by atoms with E-state index in [2.05, 4.69) is 26.6 Å². The lowest BCUT2D eigenvalue weighted by atomic mass is 10.1. The van der Waals surface area contributed by atoms with Gasteiger partial charge in [0.2, 0.25) is 0 Å². The smallest absolute Gasteiger partial charge is 0.319 e. The highest BCUT2D eigenvalue weighted by Crippen LogP contribution is 2.24. The van der Waals surface area contributed by atoms with Gasteiger partial charge in [-0.3, -0.25) is 4.21 Å². The summed E-state index contributed by atoms with van der Waals surface area (Å²) in [6, 6.07) is 3.40. The molecule has 0 aliphatic rings. The number of rotatable bonds is 4. The average molecular weight is 347 g/mol. The van der Waals surface area contributed by atoms with Gasteiger partial charge in [-0.25, -0.2) is 4.79 Å². The van der Waals surface area contributed by atoms with E-state index in [9.17, 15) is 9.00 Å². The van der Waals surface area contributed by atoms with E-state index in [1.807, 2.05) is 32.9 Å². The monoisotopic (exact) mass is 346 g/mol. The van der Waals surface area contributed by atoms with Crippen LogP contribution in [0.4, 0.5) is 10.5 Å². The van der Waals surface area contributed by atoms with Crippen LogP contribution in [0.15, 0.2) is 16.6 Å². The van der Waals surface area contributed by atoms with Crippen molar-refractivity contribution in [2.75, 3.05) is 17.3 Å². The van der Waals surface area contributed by atoms with Crippen molar-refractivity contribution in [2.45, 2.75) is 26.8 Å². The van der Waals surface area contributed by atoms with E-state index in [-0.39, 0.29) is 12.1 Å². The molecule has 0 fully saturated rings. The third-order valence-electron chi connectivity index (χ3n) is 2.56. The van der Waals surface area contributed by atoms with Crippen molar-refractivity contribution in [3.63, 3.8) is 0 Å². The molecule has 1 aromatic carbocycles. The van der Waals surface area contributed by atoms with Crippen LogP contribution < -0.4 is 10.6 Å². The fourth-order valence-corrected chi connectivity index (χ4v) is 2.82. The highest BCUT2D eigenvalue weighted by Gasteiger charge is 2.10. The average Bonchev–Trinajstić information content (AvgIpc) is 2.23. The van der Waals surface area contributed by atoms with E-state index in [0.717, 1.165) is 21.3 Å². The molecule has 6 heteroatoms. The van der Waals surface area contributed by atoms with Crippen molar-refractivity contribution >= 4 is 38.4 Å². The van der Waals surface area contributed by atoms with Crippen LogP contribution in [-0.4, -0.2) is 28.3 Å². The van der Waals surface area contributed by atoms with Gasteiger partial charge in [0.05, 0.1) is 0 Å². The predicted molar refractivity (Wildman–Crippen MR) is 84.2 cm³/mol. The predicted octanol–water partition coefficient (Wildman–Crippen LogP) is 2.95. The number of benzene rings is 1. The second kappa shape index (κ2) is 7.05. The SMILES string of the molecule is Cc1cc(NC(=O)NC(C)CS(C)=O)cc(C)c1Br. The van der Waals surface area contributed by atoms with E-state index < -0.39 is 10.8 Å². The Morgan fingerprint density at radius 2 is 1.89 bits per heavy atom. The van der Waals surface area contributed by atoms with Crippen molar-refractivity contribution in [3.8, 4) is 0 Å². The number of hydrogen-bond donors (Lipinski definition) is 2. The minimum absolute atomic E-state index is 0.122. The number of hydrogen-bond acceptors (Lipinski definition) is 2. The lowest BCUT2D eigenvalue weighted by molar-refractivity contribution is 0.250. The first-order chi connectivity index (χ1) is 8.79. The number of halogens is 1. The summed E-state index contributed by atoms with van der Waals surface area (Å²) in [4.78, 5) is 11.8. The number of aryl methyl sites for hydroxylation is 2. The van der Waals surface area contributed by atoms with Crippen molar-refractivity contribution in [2.24, 2.45) is 0 Å². The van der Waals surface area contributed by atoms with E-state index >= 15 is 0 Å². The quantitative estimate of drug-likeness (QED) is 0.880. The van der Waals surface area contributed by atoms with Gasteiger partial charge in [0, 0.05) is 39.0 Å². The van der Waals surface area contributed by atoms with Crippen molar-refractivity contribution in [1.29, 1.82) is 0 Å². The molecular weight excluding hydrogens is 328 g/mol. The summed E-state index contributed by atoms with van der Waals surface area (Å²) >= 11 is 3.48. The molecule has 4 nitrogen and oxygen atoms in total. The fourth-order valence-electron chi connectivity index (χ4n) is 1.80. The topological polar surface area (TPSA) is 58.2 Å². The molecule has 2 N–H and O–H groups in total. The van der Waals surface area contributed by atoms with Gasteiger partial charge >= 0.3 is 6.03 Å². The van der Waals surface area contributed by atoms with Crippen molar-refractivity contribution in [1.82, 2.24) is 5.32 Å². The Kier molecular flexibility index (Phi) is 6.00. The maximum atomic E-state index is 11.8. The van der Waals surface area contributed by atoms with Gasteiger partial charge < -0.3 is 10.6 Å². The lowest BCUT2D eigenvalue weighted by Crippen LogP contribution is -2.39. The number of urea groups is 1. The molecular formula is C13H19BrN2O2S. The number of carbonyl (C=O) groups excluding carboxylic acids is 1. The summed E-state index contributed by atoms with van der Waals surface area (Å²) in [7, 11) is -0.918. The lowest BCUT2D eigenvalue weighted by Gasteiger charge is -2.14. The van der Waals surface area contributed by atoms with Gasteiger partial charge in [0.1, 0.15) is 0 Å². The molecule has 2 amide bonds. The molecule has 0 spiro atoms. The van der Waals surface area contributed by atoms with E-state index in [1.165, 1.54) is 0 Å². The normalized spacial score (nSPS) is 13.7. The zero-order valence-electron chi connectivity index (χ0n) is 11.5. The Morgan fingerprint density at radius 3 is 2.37 bits per heavy atom. The molecule has 2 atom stereocenters. The van der Waals surface area contributed by atoms with Gasteiger partial charge in [-0.15, -0.1) is 0 Å². The molecule has 19 heavy (non-hydrogen) atoms. The van der Waals surface area contributed by atoms with Crippen molar-refractivity contribution in [3.05, 3.63) is 27.7 Å². The third-order valence-corrected chi connectivity index (χ3v) is 4.78. The second-order valence-corrected chi connectivity index (χ2v) is 6.94. The second-order valence-electron chi connectivity index (χ2n) is 4.66. The Morgan fingerprint density at radius 1 is 1.37 bits per heavy atom. The molecule has 0 saturated heterocycles. The summed E-state index contributed by atoms with van der Waals surface area (Å²) < 4.78 is 12.1. The number of nitrogens with one attached hydrogen (secondary N) is 2. The molecule has 106 valence electrons. The Labute approximate surface area is 124 Å². The van der Waals surface area contributed by atoms with Crippen LogP contribution in [0, 0.1) is 13.8 Å². The number of amides is 2. The fraction of sp³-hybridized carbons (Fsp3) is 0.462. The van der Waals surface area contributed by atoms with Crippen LogP contribution in [0.5, 0.6) is 0 Å². The first-order valence-corrected chi connectivity index (χ1v) is 8.46. The van der Waals surface area contributed by atoms with Gasteiger partial charge in [-0.05, 0) is 44.0 Å². The molecule has 0 aromatic heterocycles. The van der Waals surface area contributed by atoms with Crippen LogP contribution in [-0.2, 0) is 10.8 Å². The van der Waals surface area contributed by atoms with Gasteiger partial charge in [0.25, 0.3) is 0 Å². The first-order valence-electron chi connectivity index (χ1n) is 5.94. The molecule has 0 bridgehead atoms. The largest absolute Gasteiger partial charge is 0.334 e. The molecule has 2 unspecified atom stereocenters. The van der Waals surface area contributed by atoms with Crippen LogP contribution in [0.25, 0.3) is 0 Å². The summed E-state index contributed by atoms with van der Waals surface area (Å²) in [6.45, 7) is 5.78. The minimum Gasteiger partial charge on any atom is -0.334 e. The molecule has 0 saturated carbocycles. The van der Waals surface area contributed by atoms with E-state index in [4.69, 9.17) is 0 Å². The molecule has 0 radical (unpaired) electrons. The van der Waals surface area contributed by atoms with Crippen LogP contribution in [0.2, 0.25) is 0 Å². The summed E-state index contributed by atoms with van der Waals surface area (Å²) in [5.41, 5.74) is 2.89. The zero-order valence-corrected chi connectivity index (χ0v) is 13.9. The third kappa shape index (κ3) is 5.32. The zero-order chi connectivity index (χ0) is 14.6. The molecule has 1 rings (SSSR count). The Hall–Kier alpha value is -0.880. The molecule has 0 aliphatic heterocycles. The van der Waals surface area contributed by atoms with Crippen molar-refractivity contribution < 1.29 is 9.00 Å². The number of carbonyl (C=O) groups is 1. The summed E-state index contributed by atoms with van der Waals surface area (Å²) in [5.74, 6) is 0.450. The van der Waals surface area contributed by atoms with E-state index in [0.29, 0.717) is 5.75 Å². The summed E-state index contributed by atoms with van der Waals surface area (Å²) in [6.07, 6.45) is 1.62. The Balaban J connectivity index is 2.65. The van der Waals surface area contributed by atoms with Gasteiger partial charge in [-0.1, -0.05) is 15.9 Å². The van der Waals surface area contributed by atoms with Gasteiger partial charge in [-0.2, -0.15) is 0 Å². The van der Waals surface area contributed by atoms with E-state index in [1.54, 1.807) is 6.26 Å². The summed E-state index contributed by atoms with van der Waals surface area (Å²) in [5, 5.41) is 5.54. The van der Waals surface area contributed by atoms with Gasteiger partial charge in [0.15, 0.2) is 0 Å². The molecule has 1 aromatic rings. The standard InChI is InChI=1S/C13H19BrN2O2S/c1-8-5-11(6-9(2)12(8)14)16-13(17)15-10(3)7-19(4)18/h5-6,10H,7H2,1-4H3,(H2,15,16,17). The van der Waals surface area contributed by atoms with Crippen LogP contribution >= 0.6 is 15.9 Å². The highest BCUT2D eigenvalue weighted by atomic mass is 79.9. The maximum absolute atomic E-state index is 11.8. The highest BCUT2D eigenvalue weighted by molar-refractivity contribution is 9.10. The first kappa shape index (κ1) is 16.2. The maximum Gasteiger partial charge on any atom is 0.319 e.